The highest BCUT2D eigenvalue weighted by atomic mass is 32.1. The molecule has 0 saturated heterocycles. The fraction of sp³-hybridized carbons (Fsp3) is 0.471. The molecule has 0 amide bonds. The van der Waals surface area contributed by atoms with Crippen molar-refractivity contribution < 1.29 is 22.6 Å². The first-order valence-corrected chi connectivity index (χ1v) is 8.62. The van der Waals surface area contributed by atoms with Crippen LogP contribution in [0.4, 0.5) is 18.3 Å². The summed E-state index contributed by atoms with van der Waals surface area (Å²) in [5.41, 5.74) is 6.16. The van der Waals surface area contributed by atoms with Crippen LogP contribution in [0.2, 0.25) is 0 Å². The molecule has 0 atom stereocenters. The highest BCUT2D eigenvalue weighted by Gasteiger charge is 2.34. The Balaban J connectivity index is 2.44. The average Bonchev–Trinajstić information content (AvgIpc) is 2.86. The van der Waals surface area contributed by atoms with Gasteiger partial charge in [-0.3, -0.25) is 0 Å². The van der Waals surface area contributed by atoms with Crippen molar-refractivity contribution in [2.24, 2.45) is 5.92 Å². The van der Waals surface area contributed by atoms with Gasteiger partial charge in [-0.25, -0.2) is 4.98 Å². The standard InChI is InChI=1S/C17H21F3N2O2S/c1-10(2)8-14-15(22-16(21)25-14)11-4-5-12(17(18,19)20)13(9-11)24-7-6-23-3/h4-5,9-10H,6-8H2,1-3H3,(H2,21,22). The molecule has 0 aliphatic carbocycles. The minimum Gasteiger partial charge on any atom is -0.491 e. The number of rotatable bonds is 7. The minimum atomic E-state index is -4.50. The van der Waals surface area contributed by atoms with E-state index in [-0.39, 0.29) is 19.0 Å². The molecule has 138 valence electrons. The summed E-state index contributed by atoms with van der Waals surface area (Å²) in [6.07, 6.45) is -3.74. The number of thiazole rings is 1. The zero-order chi connectivity index (χ0) is 18.6. The maximum atomic E-state index is 13.2. The fourth-order valence-electron chi connectivity index (χ4n) is 2.36. The molecule has 0 aliphatic rings. The van der Waals surface area contributed by atoms with Crippen LogP contribution in [0.25, 0.3) is 11.3 Å². The van der Waals surface area contributed by atoms with E-state index in [4.69, 9.17) is 15.2 Å². The summed E-state index contributed by atoms with van der Waals surface area (Å²) < 4.78 is 49.7. The number of hydrogen-bond donors (Lipinski definition) is 1. The largest absolute Gasteiger partial charge is 0.491 e. The van der Waals surface area contributed by atoms with E-state index in [0.717, 1.165) is 17.4 Å². The van der Waals surface area contributed by atoms with E-state index in [1.165, 1.54) is 30.6 Å². The lowest BCUT2D eigenvalue weighted by Crippen LogP contribution is -2.11. The van der Waals surface area contributed by atoms with Crippen molar-refractivity contribution in [3.05, 3.63) is 28.6 Å². The molecule has 1 aromatic carbocycles. The van der Waals surface area contributed by atoms with Gasteiger partial charge in [0.15, 0.2) is 5.13 Å². The Morgan fingerprint density at radius 3 is 2.56 bits per heavy atom. The van der Waals surface area contributed by atoms with Crippen LogP contribution in [0.15, 0.2) is 18.2 Å². The summed E-state index contributed by atoms with van der Waals surface area (Å²) >= 11 is 1.36. The van der Waals surface area contributed by atoms with Gasteiger partial charge in [-0.05, 0) is 24.5 Å². The molecule has 4 nitrogen and oxygen atoms in total. The fourth-order valence-corrected chi connectivity index (χ4v) is 3.43. The third-order valence-corrected chi connectivity index (χ3v) is 4.32. The lowest BCUT2D eigenvalue weighted by molar-refractivity contribution is -0.139. The highest BCUT2D eigenvalue weighted by molar-refractivity contribution is 7.15. The molecule has 0 unspecified atom stereocenters. The van der Waals surface area contributed by atoms with E-state index >= 15 is 0 Å². The van der Waals surface area contributed by atoms with Crippen molar-refractivity contribution in [2.45, 2.75) is 26.4 Å². The third kappa shape index (κ3) is 5.09. The minimum absolute atomic E-state index is 0.0289. The predicted molar refractivity (Wildman–Crippen MR) is 92.9 cm³/mol. The normalized spacial score (nSPS) is 12.0. The number of nitrogen functional groups attached to an aromatic ring is 1. The molecular formula is C17H21F3N2O2S. The number of hydrogen-bond acceptors (Lipinski definition) is 5. The molecule has 0 saturated carbocycles. The van der Waals surface area contributed by atoms with E-state index in [1.807, 2.05) is 0 Å². The van der Waals surface area contributed by atoms with Gasteiger partial charge >= 0.3 is 6.18 Å². The number of aromatic nitrogens is 1. The number of nitrogens with zero attached hydrogens (tertiary/aromatic N) is 1. The van der Waals surface area contributed by atoms with Crippen molar-refractivity contribution in [3.63, 3.8) is 0 Å². The van der Waals surface area contributed by atoms with Crippen LogP contribution in [0.5, 0.6) is 5.75 Å². The summed E-state index contributed by atoms with van der Waals surface area (Å²) in [4.78, 5) is 5.25. The summed E-state index contributed by atoms with van der Waals surface area (Å²) in [5, 5.41) is 0.396. The first-order valence-electron chi connectivity index (χ1n) is 7.81. The monoisotopic (exact) mass is 374 g/mol. The lowest BCUT2D eigenvalue weighted by Gasteiger charge is -2.15. The Labute approximate surface area is 148 Å². The van der Waals surface area contributed by atoms with Crippen LogP contribution in [0, 0.1) is 5.92 Å². The molecule has 8 heteroatoms. The van der Waals surface area contributed by atoms with Crippen molar-refractivity contribution in [1.82, 2.24) is 4.98 Å². The van der Waals surface area contributed by atoms with Crippen LogP contribution in [0.3, 0.4) is 0 Å². The number of alkyl halides is 3. The Morgan fingerprint density at radius 2 is 1.96 bits per heavy atom. The lowest BCUT2D eigenvalue weighted by atomic mass is 10.0. The maximum Gasteiger partial charge on any atom is 0.419 e. The van der Waals surface area contributed by atoms with E-state index in [1.54, 1.807) is 0 Å². The van der Waals surface area contributed by atoms with Gasteiger partial charge in [-0.15, -0.1) is 11.3 Å². The summed E-state index contributed by atoms with van der Waals surface area (Å²) in [5.74, 6) is 0.148. The van der Waals surface area contributed by atoms with Crippen LogP contribution in [-0.4, -0.2) is 25.3 Å². The summed E-state index contributed by atoms with van der Waals surface area (Å²) in [7, 11) is 1.46. The summed E-state index contributed by atoms with van der Waals surface area (Å²) in [6, 6.07) is 3.80. The molecule has 0 aliphatic heterocycles. The second-order valence-electron chi connectivity index (χ2n) is 5.97. The first kappa shape index (κ1) is 19.5. The average molecular weight is 374 g/mol. The molecule has 0 spiro atoms. The SMILES string of the molecule is COCCOc1cc(-c2nc(N)sc2CC(C)C)ccc1C(F)(F)F. The van der Waals surface area contributed by atoms with Gasteiger partial charge in [0.25, 0.3) is 0 Å². The van der Waals surface area contributed by atoms with Crippen molar-refractivity contribution in [1.29, 1.82) is 0 Å². The molecule has 0 bridgehead atoms. The number of anilines is 1. The van der Waals surface area contributed by atoms with Gasteiger partial charge in [0.2, 0.25) is 0 Å². The number of benzene rings is 1. The zero-order valence-corrected chi connectivity index (χ0v) is 15.1. The molecular weight excluding hydrogens is 353 g/mol. The van der Waals surface area contributed by atoms with Gasteiger partial charge in [-0.2, -0.15) is 13.2 Å². The third-order valence-electron chi connectivity index (χ3n) is 3.41. The van der Waals surface area contributed by atoms with Gasteiger partial charge in [0.05, 0.1) is 17.9 Å². The Kier molecular flexibility index (Phi) is 6.29. The van der Waals surface area contributed by atoms with Crippen molar-refractivity contribution >= 4 is 16.5 Å². The van der Waals surface area contributed by atoms with Crippen LogP contribution >= 0.6 is 11.3 Å². The van der Waals surface area contributed by atoms with E-state index in [2.05, 4.69) is 18.8 Å². The van der Waals surface area contributed by atoms with Gasteiger partial charge in [-0.1, -0.05) is 19.9 Å². The zero-order valence-electron chi connectivity index (χ0n) is 14.3. The number of halogens is 3. The molecule has 2 aromatic rings. The number of methoxy groups -OCH3 is 1. The van der Waals surface area contributed by atoms with E-state index in [0.29, 0.717) is 22.3 Å². The van der Waals surface area contributed by atoms with Gasteiger partial charge in [0.1, 0.15) is 12.4 Å². The molecule has 0 radical (unpaired) electrons. The molecule has 0 fully saturated rings. The summed E-state index contributed by atoms with van der Waals surface area (Å²) in [6.45, 7) is 4.35. The molecule has 1 aromatic heterocycles. The van der Waals surface area contributed by atoms with Gasteiger partial charge < -0.3 is 15.2 Å². The van der Waals surface area contributed by atoms with Gasteiger partial charge in [0, 0.05) is 17.6 Å². The Morgan fingerprint density at radius 1 is 1.24 bits per heavy atom. The second-order valence-corrected chi connectivity index (χ2v) is 7.09. The van der Waals surface area contributed by atoms with E-state index in [9.17, 15) is 13.2 Å². The molecule has 2 N–H and O–H groups in total. The van der Waals surface area contributed by atoms with Crippen LogP contribution in [-0.2, 0) is 17.3 Å². The van der Waals surface area contributed by atoms with Crippen LogP contribution < -0.4 is 10.5 Å². The van der Waals surface area contributed by atoms with Crippen molar-refractivity contribution in [3.8, 4) is 17.0 Å². The first-order chi connectivity index (χ1) is 11.7. The van der Waals surface area contributed by atoms with E-state index < -0.39 is 11.7 Å². The quantitative estimate of drug-likeness (QED) is 0.718. The molecule has 2 rings (SSSR count). The smallest absolute Gasteiger partial charge is 0.419 e. The Hall–Kier alpha value is -1.80. The predicted octanol–water partition coefficient (Wildman–Crippen LogP) is 4.63. The second kappa shape index (κ2) is 8.05. The molecule has 25 heavy (non-hydrogen) atoms. The topological polar surface area (TPSA) is 57.4 Å². The molecule has 1 heterocycles. The number of ether oxygens (including phenoxy) is 2. The van der Waals surface area contributed by atoms with Crippen LogP contribution in [0.1, 0.15) is 24.3 Å². The number of nitrogens with two attached hydrogens (primary N) is 1. The highest BCUT2D eigenvalue weighted by Crippen LogP contribution is 2.40. The Bertz CT molecular complexity index is 714. The maximum absolute atomic E-state index is 13.2. The van der Waals surface area contributed by atoms with Crippen molar-refractivity contribution in [2.75, 3.05) is 26.1 Å².